The molecule has 1 atom stereocenters. The standard InChI is InChI=1S/C12H18BrNS/c1-3-14-10(2)8-9-15-12-7-5-4-6-11(12)13/h4-7,10,14H,3,8-9H2,1-2H3. The summed E-state index contributed by atoms with van der Waals surface area (Å²) in [7, 11) is 0. The number of thioether (sulfide) groups is 1. The number of nitrogens with one attached hydrogen (secondary N) is 1. The molecule has 0 aliphatic carbocycles. The summed E-state index contributed by atoms with van der Waals surface area (Å²) in [4.78, 5) is 1.33. The van der Waals surface area contributed by atoms with E-state index in [1.54, 1.807) is 0 Å². The quantitative estimate of drug-likeness (QED) is 0.796. The lowest BCUT2D eigenvalue weighted by Crippen LogP contribution is -2.25. The molecule has 84 valence electrons. The summed E-state index contributed by atoms with van der Waals surface area (Å²) in [5.41, 5.74) is 0. The van der Waals surface area contributed by atoms with Crippen LogP contribution < -0.4 is 5.32 Å². The van der Waals surface area contributed by atoms with Crippen LogP contribution in [0.1, 0.15) is 20.3 Å². The molecule has 0 fully saturated rings. The fourth-order valence-electron chi connectivity index (χ4n) is 1.36. The minimum absolute atomic E-state index is 0.616. The molecule has 0 spiro atoms. The summed E-state index contributed by atoms with van der Waals surface area (Å²) in [5, 5.41) is 3.42. The van der Waals surface area contributed by atoms with Crippen LogP contribution in [-0.2, 0) is 0 Å². The first kappa shape index (κ1) is 13.1. The van der Waals surface area contributed by atoms with Gasteiger partial charge in [0.05, 0.1) is 0 Å². The Morgan fingerprint density at radius 1 is 1.40 bits per heavy atom. The number of halogens is 1. The lowest BCUT2D eigenvalue weighted by molar-refractivity contribution is 0.556. The van der Waals surface area contributed by atoms with Crippen LogP contribution in [0.5, 0.6) is 0 Å². The second kappa shape index (κ2) is 7.31. The fourth-order valence-corrected chi connectivity index (χ4v) is 3.06. The molecule has 0 aliphatic heterocycles. The lowest BCUT2D eigenvalue weighted by atomic mass is 10.3. The summed E-state index contributed by atoms with van der Waals surface area (Å²) in [6.45, 7) is 5.45. The maximum absolute atomic E-state index is 3.56. The predicted molar refractivity (Wildman–Crippen MR) is 72.6 cm³/mol. The van der Waals surface area contributed by atoms with Crippen molar-refractivity contribution >= 4 is 27.7 Å². The fraction of sp³-hybridized carbons (Fsp3) is 0.500. The average Bonchev–Trinajstić information content (AvgIpc) is 2.21. The Morgan fingerprint density at radius 2 is 2.13 bits per heavy atom. The molecule has 0 aromatic heterocycles. The van der Waals surface area contributed by atoms with Crippen molar-refractivity contribution in [3.63, 3.8) is 0 Å². The molecule has 1 rings (SSSR count). The average molecular weight is 288 g/mol. The summed E-state index contributed by atoms with van der Waals surface area (Å²) in [6, 6.07) is 9.00. The predicted octanol–water partition coefficient (Wildman–Crippen LogP) is 3.93. The molecular formula is C12H18BrNS. The first-order chi connectivity index (χ1) is 7.24. The van der Waals surface area contributed by atoms with E-state index in [0.717, 1.165) is 12.3 Å². The normalized spacial score (nSPS) is 12.7. The van der Waals surface area contributed by atoms with Crippen molar-refractivity contribution in [2.75, 3.05) is 12.3 Å². The molecule has 15 heavy (non-hydrogen) atoms. The third kappa shape index (κ3) is 5.05. The minimum atomic E-state index is 0.616. The summed E-state index contributed by atoms with van der Waals surface area (Å²) >= 11 is 5.47. The van der Waals surface area contributed by atoms with Gasteiger partial charge in [0.15, 0.2) is 0 Å². The number of hydrogen-bond donors (Lipinski definition) is 1. The van der Waals surface area contributed by atoms with Crippen molar-refractivity contribution < 1.29 is 0 Å². The van der Waals surface area contributed by atoms with Gasteiger partial charge in [0.2, 0.25) is 0 Å². The molecule has 3 heteroatoms. The van der Waals surface area contributed by atoms with Crippen LogP contribution in [0.4, 0.5) is 0 Å². The van der Waals surface area contributed by atoms with E-state index in [4.69, 9.17) is 0 Å². The Hall–Kier alpha value is 0.01000. The van der Waals surface area contributed by atoms with Gasteiger partial charge >= 0.3 is 0 Å². The van der Waals surface area contributed by atoms with E-state index in [2.05, 4.69) is 59.4 Å². The molecule has 0 saturated heterocycles. The molecule has 1 N–H and O–H groups in total. The smallest absolute Gasteiger partial charge is 0.0311 e. The van der Waals surface area contributed by atoms with Crippen LogP contribution in [0.2, 0.25) is 0 Å². The van der Waals surface area contributed by atoms with Crippen molar-refractivity contribution in [2.24, 2.45) is 0 Å². The van der Waals surface area contributed by atoms with E-state index < -0.39 is 0 Å². The van der Waals surface area contributed by atoms with Crippen LogP contribution >= 0.6 is 27.7 Å². The van der Waals surface area contributed by atoms with Crippen molar-refractivity contribution in [3.8, 4) is 0 Å². The molecule has 0 amide bonds. The van der Waals surface area contributed by atoms with E-state index in [1.807, 2.05) is 11.8 Å². The lowest BCUT2D eigenvalue weighted by Gasteiger charge is -2.11. The highest BCUT2D eigenvalue weighted by Crippen LogP contribution is 2.27. The van der Waals surface area contributed by atoms with Crippen molar-refractivity contribution in [1.29, 1.82) is 0 Å². The van der Waals surface area contributed by atoms with E-state index in [-0.39, 0.29) is 0 Å². The van der Waals surface area contributed by atoms with Gasteiger partial charge in [0.1, 0.15) is 0 Å². The second-order valence-corrected chi connectivity index (χ2v) is 5.52. The van der Waals surface area contributed by atoms with Gasteiger partial charge in [-0.15, -0.1) is 11.8 Å². The summed E-state index contributed by atoms with van der Waals surface area (Å²) in [5.74, 6) is 1.16. The van der Waals surface area contributed by atoms with Gasteiger partial charge in [-0.3, -0.25) is 0 Å². The summed E-state index contributed by atoms with van der Waals surface area (Å²) < 4.78 is 1.20. The zero-order chi connectivity index (χ0) is 11.1. The summed E-state index contributed by atoms with van der Waals surface area (Å²) in [6.07, 6.45) is 1.21. The first-order valence-corrected chi connectivity index (χ1v) is 7.12. The Balaban J connectivity index is 2.29. The van der Waals surface area contributed by atoms with Crippen LogP contribution in [-0.4, -0.2) is 18.3 Å². The van der Waals surface area contributed by atoms with Gasteiger partial charge in [-0.25, -0.2) is 0 Å². The maximum Gasteiger partial charge on any atom is 0.0311 e. The van der Waals surface area contributed by atoms with Gasteiger partial charge < -0.3 is 5.32 Å². The minimum Gasteiger partial charge on any atom is -0.315 e. The van der Waals surface area contributed by atoms with E-state index in [1.165, 1.54) is 15.8 Å². The Morgan fingerprint density at radius 3 is 2.80 bits per heavy atom. The topological polar surface area (TPSA) is 12.0 Å². The van der Waals surface area contributed by atoms with E-state index >= 15 is 0 Å². The molecule has 1 nitrogen and oxygen atoms in total. The van der Waals surface area contributed by atoms with Crippen molar-refractivity contribution in [2.45, 2.75) is 31.2 Å². The van der Waals surface area contributed by atoms with Crippen molar-refractivity contribution in [1.82, 2.24) is 5.32 Å². The third-order valence-electron chi connectivity index (χ3n) is 2.20. The molecule has 0 aliphatic rings. The van der Waals surface area contributed by atoms with E-state index in [9.17, 15) is 0 Å². The van der Waals surface area contributed by atoms with Crippen LogP contribution in [0, 0.1) is 0 Å². The monoisotopic (exact) mass is 287 g/mol. The van der Waals surface area contributed by atoms with Crippen LogP contribution in [0.15, 0.2) is 33.6 Å². The van der Waals surface area contributed by atoms with Crippen molar-refractivity contribution in [3.05, 3.63) is 28.7 Å². The Kier molecular flexibility index (Phi) is 6.37. The largest absolute Gasteiger partial charge is 0.315 e. The maximum atomic E-state index is 3.56. The van der Waals surface area contributed by atoms with Gasteiger partial charge in [-0.05, 0) is 53.7 Å². The number of benzene rings is 1. The molecule has 1 aromatic rings. The zero-order valence-electron chi connectivity index (χ0n) is 9.29. The van der Waals surface area contributed by atoms with Gasteiger partial charge in [0, 0.05) is 15.4 Å². The molecule has 1 unspecified atom stereocenters. The van der Waals surface area contributed by atoms with Gasteiger partial charge in [-0.1, -0.05) is 19.1 Å². The highest BCUT2D eigenvalue weighted by atomic mass is 79.9. The van der Waals surface area contributed by atoms with E-state index in [0.29, 0.717) is 6.04 Å². The molecule has 1 aromatic carbocycles. The first-order valence-electron chi connectivity index (χ1n) is 5.34. The molecule has 0 bridgehead atoms. The van der Waals surface area contributed by atoms with Gasteiger partial charge in [0.25, 0.3) is 0 Å². The third-order valence-corrected chi connectivity index (χ3v) is 4.26. The SMILES string of the molecule is CCNC(C)CCSc1ccccc1Br. The molecular weight excluding hydrogens is 270 g/mol. The number of hydrogen-bond acceptors (Lipinski definition) is 2. The Labute approximate surface area is 105 Å². The van der Waals surface area contributed by atoms with Crippen LogP contribution in [0.25, 0.3) is 0 Å². The highest BCUT2D eigenvalue weighted by Gasteiger charge is 2.02. The van der Waals surface area contributed by atoms with Crippen LogP contribution in [0.3, 0.4) is 0 Å². The molecule has 0 heterocycles. The molecule has 0 saturated carbocycles. The zero-order valence-corrected chi connectivity index (χ0v) is 11.7. The number of rotatable bonds is 6. The molecule has 0 radical (unpaired) electrons. The highest BCUT2D eigenvalue weighted by molar-refractivity contribution is 9.10. The second-order valence-electron chi connectivity index (χ2n) is 3.53. The Bertz CT molecular complexity index is 291. The van der Waals surface area contributed by atoms with Gasteiger partial charge in [-0.2, -0.15) is 0 Å².